The Morgan fingerprint density at radius 1 is 1.20 bits per heavy atom. The molecule has 11 heteroatoms. The van der Waals surface area contributed by atoms with Crippen LogP contribution in [0.4, 0.5) is 18.0 Å². The van der Waals surface area contributed by atoms with E-state index in [2.05, 4.69) is 0 Å². The highest BCUT2D eigenvalue weighted by Crippen LogP contribution is 2.34. The molecule has 0 unspecified atom stereocenters. The first-order chi connectivity index (χ1) is 11.6. The van der Waals surface area contributed by atoms with Crippen LogP contribution in [0.2, 0.25) is 0 Å². The number of hydrogen-bond acceptors (Lipinski definition) is 5. The van der Waals surface area contributed by atoms with Crippen LogP contribution < -0.4 is 20.1 Å². The molecule has 0 radical (unpaired) electrons. The third-order valence-electron chi connectivity index (χ3n) is 3.60. The first-order valence-corrected chi connectivity index (χ1v) is 6.79. The van der Waals surface area contributed by atoms with Gasteiger partial charge in [0.05, 0.1) is 14.2 Å². The second kappa shape index (κ2) is 6.15. The standard InChI is InChI=1S/C14H14F3N3O5/c1-20-11(22)13(14(15,16)17,19-12(20)23)18-10(21)7-4-5-8(24-2)9(6-7)25-3/h4-6H,1-3H3,(H,18,21)(H,19,23)/t13-/m0/s1. The maximum Gasteiger partial charge on any atom is 0.440 e. The maximum absolute atomic E-state index is 13.4. The van der Waals surface area contributed by atoms with E-state index in [0.717, 1.165) is 13.1 Å². The van der Waals surface area contributed by atoms with Gasteiger partial charge in [-0.25, -0.2) is 4.79 Å². The molecule has 0 aliphatic carbocycles. The fourth-order valence-electron chi connectivity index (χ4n) is 2.21. The summed E-state index contributed by atoms with van der Waals surface area (Å²) in [7, 11) is 3.50. The molecule has 4 amide bonds. The van der Waals surface area contributed by atoms with Crippen molar-refractivity contribution < 1.29 is 37.0 Å². The molecular formula is C14H14F3N3O5. The number of urea groups is 1. The van der Waals surface area contributed by atoms with Crippen molar-refractivity contribution in [1.29, 1.82) is 0 Å². The molecule has 0 bridgehead atoms. The van der Waals surface area contributed by atoms with Gasteiger partial charge in [-0.05, 0) is 18.2 Å². The first kappa shape index (κ1) is 18.4. The SMILES string of the molecule is COc1ccc(C(=O)N[C@]2(C(F)(F)F)NC(=O)N(C)C2=O)cc1OC. The van der Waals surface area contributed by atoms with Crippen LogP contribution in [0.5, 0.6) is 11.5 Å². The third kappa shape index (κ3) is 2.92. The topological polar surface area (TPSA) is 97.0 Å². The highest BCUT2D eigenvalue weighted by Gasteiger charge is 2.68. The molecule has 1 aliphatic heterocycles. The number of carbonyl (C=O) groups is 3. The second-order valence-electron chi connectivity index (χ2n) is 5.07. The minimum Gasteiger partial charge on any atom is -0.493 e. The van der Waals surface area contributed by atoms with Crippen LogP contribution in [0.1, 0.15) is 10.4 Å². The van der Waals surface area contributed by atoms with Crippen molar-refractivity contribution in [2.24, 2.45) is 0 Å². The molecule has 1 aromatic carbocycles. The van der Waals surface area contributed by atoms with Gasteiger partial charge in [0.25, 0.3) is 17.5 Å². The summed E-state index contributed by atoms with van der Waals surface area (Å²) < 4.78 is 50.2. The number of halogens is 3. The molecule has 0 spiro atoms. The van der Waals surface area contributed by atoms with Crippen LogP contribution in [0.25, 0.3) is 0 Å². The Hall–Kier alpha value is -2.98. The molecule has 1 atom stereocenters. The summed E-state index contributed by atoms with van der Waals surface area (Å²) in [4.78, 5) is 35.9. The molecule has 2 rings (SSSR count). The van der Waals surface area contributed by atoms with Crippen molar-refractivity contribution in [1.82, 2.24) is 15.5 Å². The average molecular weight is 361 g/mol. The smallest absolute Gasteiger partial charge is 0.440 e. The lowest BCUT2D eigenvalue weighted by molar-refractivity contribution is -0.199. The van der Waals surface area contributed by atoms with Gasteiger partial charge in [0, 0.05) is 12.6 Å². The average Bonchev–Trinajstić information content (AvgIpc) is 2.78. The summed E-state index contributed by atoms with van der Waals surface area (Å²) >= 11 is 0. The quantitative estimate of drug-likeness (QED) is 0.776. The Morgan fingerprint density at radius 2 is 1.80 bits per heavy atom. The van der Waals surface area contributed by atoms with Gasteiger partial charge < -0.3 is 14.8 Å². The molecule has 1 heterocycles. The van der Waals surface area contributed by atoms with Crippen LogP contribution in [0.3, 0.4) is 0 Å². The number of ether oxygens (including phenoxy) is 2. The van der Waals surface area contributed by atoms with Gasteiger partial charge >= 0.3 is 12.2 Å². The molecule has 0 aromatic heterocycles. The highest BCUT2D eigenvalue weighted by atomic mass is 19.4. The zero-order valence-electron chi connectivity index (χ0n) is 13.4. The molecule has 1 aromatic rings. The van der Waals surface area contributed by atoms with E-state index >= 15 is 0 Å². The van der Waals surface area contributed by atoms with Crippen molar-refractivity contribution in [3.05, 3.63) is 23.8 Å². The summed E-state index contributed by atoms with van der Waals surface area (Å²) in [6, 6.07) is 2.36. The zero-order chi connectivity index (χ0) is 19.0. The number of hydrogen-bond donors (Lipinski definition) is 2. The second-order valence-corrected chi connectivity index (χ2v) is 5.07. The van der Waals surface area contributed by atoms with Gasteiger partial charge in [-0.1, -0.05) is 0 Å². The predicted molar refractivity (Wildman–Crippen MR) is 77.1 cm³/mol. The van der Waals surface area contributed by atoms with Crippen molar-refractivity contribution in [2.45, 2.75) is 11.8 Å². The Labute approximate surface area is 139 Å². The van der Waals surface area contributed by atoms with Crippen molar-refractivity contribution in [3.8, 4) is 11.5 Å². The van der Waals surface area contributed by atoms with Crippen molar-refractivity contribution >= 4 is 17.8 Å². The summed E-state index contributed by atoms with van der Waals surface area (Å²) in [6.07, 6.45) is -5.25. The van der Waals surface area contributed by atoms with E-state index in [1.807, 2.05) is 0 Å². The van der Waals surface area contributed by atoms with Gasteiger partial charge in [-0.15, -0.1) is 0 Å². The number of nitrogens with zero attached hydrogens (tertiary/aromatic N) is 1. The van der Waals surface area contributed by atoms with Gasteiger partial charge in [0.2, 0.25) is 0 Å². The van der Waals surface area contributed by atoms with E-state index in [-0.39, 0.29) is 22.0 Å². The predicted octanol–water partition coefficient (Wildman–Crippen LogP) is 0.874. The molecule has 136 valence electrons. The fourth-order valence-corrected chi connectivity index (χ4v) is 2.21. The monoisotopic (exact) mass is 361 g/mol. The number of nitrogens with one attached hydrogen (secondary N) is 2. The van der Waals surface area contributed by atoms with E-state index < -0.39 is 29.7 Å². The van der Waals surface area contributed by atoms with E-state index in [1.165, 1.54) is 31.7 Å². The van der Waals surface area contributed by atoms with Crippen LogP contribution in [0, 0.1) is 0 Å². The minimum atomic E-state index is -5.25. The lowest BCUT2D eigenvalue weighted by atomic mass is 10.1. The Bertz CT molecular complexity index is 737. The van der Waals surface area contributed by atoms with Crippen LogP contribution >= 0.6 is 0 Å². The number of alkyl halides is 3. The number of methoxy groups -OCH3 is 2. The van der Waals surface area contributed by atoms with E-state index in [1.54, 1.807) is 5.32 Å². The third-order valence-corrected chi connectivity index (χ3v) is 3.60. The van der Waals surface area contributed by atoms with Crippen molar-refractivity contribution in [2.75, 3.05) is 21.3 Å². The van der Waals surface area contributed by atoms with Gasteiger partial charge in [-0.3, -0.25) is 19.8 Å². The highest BCUT2D eigenvalue weighted by molar-refractivity contribution is 6.10. The van der Waals surface area contributed by atoms with Gasteiger partial charge in [0.1, 0.15) is 0 Å². The van der Waals surface area contributed by atoms with E-state index in [9.17, 15) is 27.6 Å². The van der Waals surface area contributed by atoms with Gasteiger partial charge in [-0.2, -0.15) is 13.2 Å². The molecule has 25 heavy (non-hydrogen) atoms. The zero-order valence-corrected chi connectivity index (χ0v) is 13.4. The molecule has 8 nitrogen and oxygen atoms in total. The Balaban J connectivity index is 2.40. The summed E-state index contributed by atoms with van der Waals surface area (Å²) in [6.45, 7) is 0. The summed E-state index contributed by atoms with van der Waals surface area (Å²) in [5.41, 5.74) is -3.76. The molecule has 1 saturated heterocycles. The number of likely N-dealkylation sites (N-methyl/N-ethyl adjacent to an activating group) is 1. The Morgan fingerprint density at radius 3 is 2.24 bits per heavy atom. The first-order valence-electron chi connectivity index (χ1n) is 6.79. The molecule has 0 saturated carbocycles. The summed E-state index contributed by atoms with van der Waals surface area (Å²) in [5, 5.41) is 3.05. The number of amides is 4. The summed E-state index contributed by atoms with van der Waals surface area (Å²) in [5.74, 6) is -2.51. The van der Waals surface area contributed by atoms with Crippen molar-refractivity contribution in [3.63, 3.8) is 0 Å². The van der Waals surface area contributed by atoms with Crippen LogP contribution in [-0.2, 0) is 4.79 Å². The van der Waals surface area contributed by atoms with E-state index in [0.29, 0.717) is 0 Å². The number of rotatable bonds is 4. The van der Waals surface area contributed by atoms with E-state index in [4.69, 9.17) is 9.47 Å². The lowest BCUT2D eigenvalue weighted by Gasteiger charge is -2.29. The number of carbonyl (C=O) groups excluding carboxylic acids is 3. The number of benzene rings is 1. The van der Waals surface area contributed by atoms with Gasteiger partial charge in [0.15, 0.2) is 11.5 Å². The fraction of sp³-hybridized carbons (Fsp3) is 0.357. The Kier molecular flexibility index (Phi) is 4.51. The largest absolute Gasteiger partial charge is 0.493 e. The van der Waals surface area contributed by atoms with Crippen LogP contribution in [-0.4, -0.2) is 55.9 Å². The maximum atomic E-state index is 13.4. The molecule has 2 N–H and O–H groups in total. The van der Waals surface area contributed by atoms with Crippen LogP contribution in [0.15, 0.2) is 18.2 Å². The lowest BCUT2D eigenvalue weighted by Crippen LogP contribution is -2.69. The minimum absolute atomic E-state index is 0.107. The molecule has 1 aliphatic rings. The number of imide groups is 1. The molecular weight excluding hydrogens is 347 g/mol. The normalized spacial score (nSPS) is 20.3. The molecule has 1 fully saturated rings.